The lowest BCUT2D eigenvalue weighted by atomic mass is 9.33. The van der Waals surface area contributed by atoms with Gasteiger partial charge in [0.05, 0.1) is 39.5 Å². The number of hydrogen-bond acceptors (Lipinski definition) is 6. The molecule has 3 aromatic heterocycles. The summed E-state index contributed by atoms with van der Waals surface area (Å²) in [5.74, 6) is 1.26. The fraction of sp³-hybridized carbons (Fsp3) is 0.0805. The summed E-state index contributed by atoms with van der Waals surface area (Å²) in [6.45, 7) is 11.7. The summed E-state index contributed by atoms with van der Waals surface area (Å²) in [7, 11) is 0. The van der Waals surface area contributed by atoms with Gasteiger partial charge in [-0.15, -0.1) is 0 Å². The van der Waals surface area contributed by atoms with E-state index in [-0.39, 0.29) is 12.1 Å². The van der Waals surface area contributed by atoms with E-state index < -0.39 is 5.41 Å². The highest BCUT2D eigenvalue weighted by Crippen LogP contribution is 2.48. The molecule has 0 spiro atoms. The highest BCUT2D eigenvalue weighted by molar-refractivity contribution is 7.00. The van der Waals surface area contributed by atoms with Crippen molar-refractivity contribution in [2.24, 2.45) is 0 Å². The molecule has 0 aliphatic carbocycles. The second-order valence-electron chi connectivity index (χ2n) is 27.0. The Morgan fingerprint density at radius 1 is 0.337 bits per heavy atom. The molecule has 450 valence electrons. The maximum Gasteiger partial charge on any atom is 0.252 e. The van der Waals surface area contributed by atoms with Crippen molar-refractivity contribution < 1.29 is 0 Å². The van der Waals surface area contributed by atoms with E-state index in [0.29, 0.717) is 11.6 Å². The second-order valence-corrected chi connectivity index (χ2v) is 27.0. The molecule has 12 aromatic carbocycles. The summed E-state index contributed by atoms with van der Waals surface area (Å²) in [6, 6.07) is 108. The fourth-order valence-corrected chi connectivity index (χ4v) is 15.2. The second kappa shape index (κ2) is 21.7. The van der Waals surface area contributed by atoms with E-state index in [4.69, 9.17) is 19.9 Å². The van der Waals surface area contributed by atoms with Crippen LogP contribution in [0.1, 0.15) is 51.3 Å². The SMILES string of the molecule is CC(C)(C)c1ccc2c(c1)c1cc3ccc1n2-c1ccc(-c2cc(-c4ccccc4)nc(-c4ccccc4)n2)cc1-c1nc(-c2cccc(-c4ccc(N5c6ccccc6B6c7ccccc7N(c7ccccc7)c7cccc5c76)cc4)c2)cc(n1)-c1ccccc1C3(C)C. The maximum absolute atomic E-state index is 5.78. The summed E-state index contributed by atoms with van der Waals surface area (Å²) < 4.78 is 2.44. The standard InChI is InChI=1S/C87H64BN7/c1-86(2,3)61-42-47-76-66(51-61)67-52-62-43-48-77(67)95(76)78-46-41-60(73-53-72(56-23-9-6-10-24-56)89-84(90-73)57-25-11-7-12-26-57)50-68(78)85-91-74(54-75(92-85)65-31-15-16-32-69(65)87(62,4)5)59-28-21-27-58(49-59)55-39-44-64(45-40-55)94-80-36-20-18-34-71(80)88-70-33-17-19-35-79(70)93(63-29-13-8-14-30-63)81-37-22-38-82(94)83(81)88/h6-54H,1-5H3. The lowest BCUT2D eigenvalue weighted by Gasteiger charge is -2.44. The Balaban J connectivity index is 0.814. The van der Waals surface area contributed by atoms with E-state index in [0.717, 1.165) is 95.4 Å². The van der Waals surface area contributed by atoms with Gasteiger partial charge in [-0.3, -0.25) is 0 Å². The van der Waals surface area contributed by atoms with Gasteiger partial charge >= 0.3 is 0 Å². The molecule has 4 aliphatic heterocycles. The van der Waals surface area contributed by atoms with Crippen LogP contribution in [-0.4, -0.2) is 31.2 Å². The molecule has 15 aromatic rings. The first kappa shape index (κ1) is 56.1. The van der Waals surface area contributed by atoms with Crippen LogP contribution in [0.4, 0.5) is 34.1 Å². The number of hydrogen-bond donors (Lipinski definition) is 0. The zero-order chi connectivity index (χ0) is 63.7. The molecular formula is C87H64BN7. The highest BCUT2D eigenvalue weighted by Gasteiger charge is 2.43. The number of rotatable bonds is 7. The van der Waals surface area contributed by atoms with Crippen molar-refractivity contribution in [1.29, 1.82) is 0 Å². The Bertz CT molecular complexity index is 5520. The smallest absolute Gasteiger partial charge is 0.252 e. The van der Waals surface area contributed by atoms with Crippen LogP contribution in [0.15, 0.2) is 297 Å². The Kier molecular flexibility index (Phi) is 12.8. The highest BCUT2D eigenvalue weighted by atomic mass is 15.2. The molecule has 0 atom stereocenters. The van der Waals surface area contributed by atoms with Gasteiger partial charge in [0.25, 0.3) is 6.71 Å². The van der Waals surface area contributed by atoms with Gasteiger partial charge in [-0.2, -0.15) is 0 Å². The van der Waals surface area contributed by atoms with E-state index in [2.05, 4.69) is 322 Å². The van der Waals surface area contributed by atoms with Gasteiger partial charge in [0.15, 0.2) is 11.6 Å². The summed E-state index contributed by atoms with van der Waals surface area (Å²) in [5, 5.41) is 2.41. The third-order valence-corrected chi connectivity index (χ3v) is 20.0. The molecule has 0 fully saturated rings. The third kappa shape index (κ3) is 9.18. The molecule has 8 heteroatoms. The van der Waals surface area contributed by atoms with Gasteiger partial charge in [0.2, 0.25) is 0 Å². The molecule has 7 nitrogen and oxygen atoms in total. The Hall–Kier alpha value is -11.7. The molecule has 0 amide bonds. The van der Waals surface area contributed by atoms with Gasteiger partial charge in [-0.25, -0.2) is 19.9 Å². The number of fused-ring (bicyclic) bond motifs is 6. The molecule has 0 N–H and O–H groups in total. The van der Waals surface area contributed by atoms with Crippen LogP contribution in [0.25, 0.3) is 106 Å². The van der Waals surface area contributed by atoms with Crippen molar-refractivity contribution in [2.45, 2.75) is 45.4 Å². The first-order chi connectivity index (χ1) is 46.5. The molecule has 0 radical (unpaired) electrons. The third-order valence-electron chi connectivity index (χ3n) is 20.0. The van der Waals surface area contributed by atoms with Crippen LogP contribution >= 0.6 is 0 Å². The van der Waals surface area contributed by atoms with Crippen molar-refractivity contribution in [3.8, 4) is 84.6 Å². The van der Waals surface area contributed by atoms with E-state index in [1.54, 1.807) is 0 Å². The molecule has 6 bridgehead atoms. The first-order valence-electron chi connectivity index (χ1n) is 32.9. The van der Waals surface area contributed by atoms with Crippen LogP contribution in [0.5, 0.6) is 0 Å². The lowest BCUT2D eigenvalue weighted by molar-refractivity contribution is 0.591. The van der Waals surface area contributed by atoms with Crippen molar-refractivity contribution in [3.05, 3.63) is 314 Å². The van der Waals surface area contributed by atoms with Crippen molar-refractivity contribution in [3.63, 3.8) is 0 Å². The van der Waals surface area contributed by atoms with E-state index in [1.807, 2.05) is 24.3 Å². The minimum atomic E-state index is -0.433. The van der Waals surface area contributed by atoms with Crippen LogP contribution < -0.4 is 26.2 Å². The zero-order valence-electron chi connectivity index (χ0n) is 53.5. The Labute approximate surface area is 554 Å². The first-order valence-corrected chi connectivity index (χ1v) is 32.9. The minimum Gasteiger partial charge on any atom is -0.311 e. The summed E-state index contributed by atoms with van der Waals surface area (Å²) in [6.07, 6.45) is 0. The summed E-state index contributed by atoms with van der Waals surface area (Å²) in [4.78, 5) is 27.0. The maximum atomic E-state index is 5.78. The summed E-state index contributed by atoms with van der Waals surface area (Å²) in [5.41, 5.74) is 28.5. The predicted molar refractivity (Wildman–Crippen MR) is 395 cm³/mol. The molecular weight excluding hydrogens is 1150 g/mol. The Morgan fingerprint density at radius 3 is 1.54 bits per heavy atom. The number of anilines is 6. The van der Waals surface area contributed by atoms with Gasteiger partial charge in [0.1, 0.15) is 0 Å². The van der Waals surface area contributed by atoms with Crippen LogP contribution in [-0.2, 0) is 10.8 Å². The number of para-hydroxylation sites is 3. The van der Waals surface area contributed by atoms with Crippen molar-refractivity contribution >= 4 is 79.0 Å². The molecule has 19 rings (SSSR count). The van der Waals surface area contributed by atoms with Gasteiger partial charge in [-0.05, 0) is 153 Å². The average Bonchev–Trinajstić information content (AvgIpc) is 1.51. The van der Waals surface area contributed by atoms with E-state index in [1.165, 1.54) is 66.6 Å². The van der Waals surface area contributed by atoms with Crippen molar-refractivity contribution in [2.75, 3.05) is 9.80 Å². The average molecular weight is 1220 g/mol. The van der Waals surface area contributed by atoms with E-state index in [9.17, 15) is 0 Å². The number of nitrogens with zero attached hydrogens (tertiary/aromatic N) is 7. The zero-order valence-corrected chi connectivity index (χ0v) is 53.5. The largest absolute Gasteiger partial charge is 0.311 e. The minimum absolute atomic E-state index is 0.0692. The van der Waals surface area contributed by atoms with Gasteiger partial charge in [-0.1, -0.05) is 229 Å². The Morgan fingerprint density at radius 2 is 0.842 bits per heavy atom. The molecule has 95 heavy (non-hydrogen) atoms. The molecule has 0 unspecified atom stereocenters. The van der Waals surface area contributed by atoms with E-state index >= 15 is 0 Å². The monoisotopic (exact) mass is 1220 g/mol. The number of aromatic nitrogens is 5. The summed E-state index contributed by atoms with van der Waals surface area (Å²) >= 11 is 0. The van der Waals surface area contributed by atoms with Crippen LogP contribution in [0, 0.1) is 0 Å². The predicted octanol–water partition coefficient (Wildman–Crippen LogP) is 20.1. The van der Waals surface area contributed by atoms with Crippen LogP contribution in [0.3, 0.4) is 0 Å². The molecule has 0 saturated heterocycles. The van der Waals surface area contributed by atoms with Gasteiger partial charge < -0.3 is 14.4 Å². The molecule has 7 heterocycles. The van der Waals surface area contributed by atoms with Crippen molar-refractivity contribution in [1.82, 2.24) is 24.5 Å². The normalized spacial score (nSPS) is 13.3. The topological polar surface area (TPSA) is 63.0 Å². The van der Waals surface area contributed by atoms with Crippen LogP contribution in [0.2, 0.25) is 0 Å². The van der Waals surface area contributed by atoms with Gasteiger partial charge in [0, 0.05) is 83.7 Å². The quantitative estimate of drug-likeness (QED) is 0.148. The molecule has 0 saturated carbocycles. The number of benzene rings is 12. The molecule has 4 aliphatic rings. The fourth-order valence-electron chi connectivity index (χ4n) is 15.2. The lowest BCUT2D eigenvalue weighted by Crippen LogP contribution is -2.61.